The molecule has 2 aromatic rings. The highest BCUT2D eigenvalue weighted by Gasteiger charge is 2.46. The number of methoxy groups -OCH3 is 1. The van der Waals surface area contributed by atoms with Crippen LogP contribution in [0.4, 0.5) is 8.78 Å². The Bertz CT molecular complexity index is 779. The molecule has 2 aromatic carbocycles. The van der Waals surface area contributed by atoms with E-state index >= 15 is 0 Å². The Morgan fingerprint density at radius 2 is 1.76 bits per heavy atom. The van der Waals surface area contributed by atoms with Crippen molar-refractivity contribution in [3.63, 3.8) is 0 Å². The number of rotatable bonds is 4. The van der Waals surface area contributed by atoms with Crippen LogP contribution < -0.4 is 4.74 Å². The summed E-state index contributed by atoms with van der Waals surface area (Å²) in [6, 6.07) is 10.5. The van der Waals surface area contributed by atoms with Crippen molar-refractivity contribution in [2.75, 3.05) is 20.7 Å². The van der Waals surface area contributed by atoms with E-state index in [0.29, 0.717) is 17.9 Å². The SMILES string of the molecule is COc1ccc(C2C(C(=O)O)C(c3ccc(F)c(F)c3)CN2C)cc1. The zero-order valence-electron chi connectivity index (χ0n) is 13.9. The molecule has 1 fully saturated rings. The van der Waals surface area contributed by atoms with E-state index in [9.17, 15) is 18.7 Å². The fraction of sp³-hybridized carbons (Fsp3) is 0.316. The highest BCUT2D eigenvalue weighted by atomic mass is 19.2. The van der Waals surface area contributed by atoms with E-state index in [1.54, 1.807) is 19.2 Å². The van der Waals surface area contributed by atoms with Crippen LogP contribution in [0.5, 0.6) is 5.75 Å². The zero-order chi connectivity index (χ0) is 18.1. The molecule has 3 atom stereocenters. The molecule has 1 heterocycles. The highest BCUT2D eigenvalue weighted by Crippen LogP contribution is 2.45. The van der Waals surface area contributed by atoms with Crippen LogP contribution in [0.25, 0.3) is 0 Å². The summed E-state index contributed by atoms with van der Waals surface area (Å²) in [5, 5.41) is 9.80. The molecule has 1 aliphatic rings. The Kier molecular flexibility index (Phi) is 4.72. The molecule has 0 spiro atoms. The van der Waals surface area contributed by atoms with Crippen molar-refractivity contribution in [3.05, 3.63) is 65.2 Å². The molecule has 25 heavy (non-hydrogen) atoms. The molecule has 0 radical (unpaired) electrons. The minimum atomic E-state index is -0.961. The lowest BCUT2D eigenvalue weighted by atomic mass is 9.83. The van der Waals surface area contributed by atoms with Crippen LogP contribution in [0.15, 0.2) is 42.5 Å². The number of hydrogen-bond donors (Lipinski definition) is 1. The molecule has 0 saturated carbocycles. The van der Waals surface area contributed by atoms with E-state index in [1.807, 2.05) is 24.1 Å². The van der Waals surface area contributed by atoms with E-state index in [4.69, 9.17) is 4.74 Å². The van der Waals surface area contributed by atoms with Gasteiger partial charge in [0.05, 0.1) is 13.0 Å². The lowest BCUT2D eigenvalue weighted by molar-refractivity contribution is -0.143. The molecule has 4 nitrogen and oxygen atoms in total. The number of likely N-dealkylation sites (N-methyl/N-ethyl adjacent to an activating group) is 1. The van der Waals surface area contributed by atoms with Crippen LogP contribution in [-0.4, -0.2) is 36.7 Å². The van der Waals surface area contributed by atoms with Gasteiger partial charge in [0.2, 0.25) is 0 Å². The third-order valence-corrected chi connectivity index (χ3v) is 4.85. The second kappa shape index (κ2) is 6.80. The van der Waals surface area contributed by atoms with Gasteiger partial charge in [-0.25, -0.2) is 8.78 Å². The number of halogens is 2. The molecule has 1 aliphatic heterocycles. The molecule has 0 amide bonds. The van der Waals surface area contributed by atoms with Crippen LogP contribution in [-0.2, 0) is 4.79 Å². The van der Waals surface area contributed by atoms with E-state index in [2.05, 4.69) is 0 Å². The first-order chi connectivity index (χ1) is 11.9. The van der Waals surface area contributed by atoms with Crippen molar-refractivity contribution in [1.29, 1.82) is 0 Å². The monoisotopic (exact) mass is 347 g/mol. The lowest BCUT2D eigenvalue weighted by Crippen LogP contribution is -2.26. The Balaban J connectivity index is 1.98. The van der Waals surface area contributed by atoms with Crippen LogP contribution in [0, 0.1) is 17.6 Å². The van der Waals surface area contributed by atoms with Gasteiger partial charge in [-0.1, -0.05) is 18.2 Å². The number of carboxylic acids is 1. The Labute approximate surface area is 144 Å². The first-order valence-electron chi connectivity index (χ1n) is 7.94. The van der Waals surface area contributed by atoms with Gasteiger partial charge in [-0.05, 0) is 42.4 Å². The van der Waals surface area contributed by atoms with Crippen molar-refractivity contribution in [1.82, 2.24) is 4.90 Å². The molecule has 3 unspecified atom stereocenters. The average molecular weight is 347 g/mol. The molecular weight excluding hydrogens is 328 g/mol. The van der Waals surface area contributed by atoms with Crippen molar-refractivity contribution < 1.29 is 23.4 Å². The first kappa shape index (κ1) is 17.4. The van der Waals surface area contributed by atoms with Gasteiger partial charge in [-0.3, -0.25) is 9.69 Å². The Morgan fingerprint density at radius 3 is 2.32 bits per heavy atom. The quantitative estimate of drug-likeness (QED) is 0.920. The van der Waals surface area contributed by atoms with Gasteiger partial charge >= 0.3 is 5.97 Å². The van der Waals surface area contributed by atoms with Crippen LogP contribution in [0.2, 0.25) is 0 Å². The largest absolute Gasteiger partial charge is 0.497 e. The van der Waals surface area contributed by atoms with Gasteiger partial charge < -0.3 is 9.84 Å². The van der Waals surface area contributed by atoms with E-state index < -0.39 is 29.4 Å². The number of hydrogen-bond acceptors (Lipinski definition) is 3. The molecule has 0 aliphatic carbocycles. The second-order valence-electron chi connectivity index (χ2n) is 6.30. The summed E-state index contributed by atoms with van der Waals surface area (Å²) in [5.41, 5.74) is 1.34. The molecule has 132 valence electrons. The number of aliphatic carboxylic acids is 1. The van der Waals surface area contributed by atoms with Gasteiger partial charge in [-0.15, -0.1) is 0 Å². The van der Waals surface area contributed by atoms with E-state index in [1.165, 1.54) is 6.07 Å². The summed E-state index contributed by atoms with van der Waals surface area (Å²) in [7, 11) is 3.40. The highest BCUT2D eigenvalue weighted by molar-refractivity contribution is 5.73. The molecule has 0 bridgehead atoms. The fourth-order valence-corrected chi connectivity index (χ4v) is 3.66. The maximum atomic E-state index is 13.6. The Hall–Kier alpha value is -2.47. The molecular formula is C19H19F2NO3. The van der Waals surface area contributed by atoms with E-state index in [0.717, 1.165) is 17.7 Å². The van der Waals surface area contributed by atoms with Gasteiger partial charge in [0.25, 0.3) is 0 Å². The maximum absolute atomic E-state index is 13.6. The summed E-state index contributed by atoms with van der Waals surface area (Å²) in [4.78, 5) is 13.9. The number of benzene rings is 2. The third-order valence-electron chi connectivity index (χ3n) is 4.85. The van der Waals surface area contributed by atoms with Gasteiger partial charge in [0, 0.05) is 18.5 Å². The predicted molar refractivity (Wildman–Crippen MR) is 88.6 cm³/mol. The molecule has 1 saturated heterocycles. The fourth-order valence-electron chi connectivity index (χ4n) is 3.66. The first-order valence-corrected chi connectivity index (χ1v) is 7.94. The molecule has 3 rings (SSSR count). The Morgan fingerprint density at radius 1 is 1.12 bits per heavy atom. The van der Waals surface area contributed by atoms with Crippen molar-refractivity contribution in [2.24, 2.45) is 5.92 Å². The smallest absolute Gasteiger partial charge is 0.309 e. The molecule has 0 aromatic heterocycles. The van der Waals surface area contributed by atoms with Crippen molar-refractivity contribution >= 4 is 5.97 Å². The van der Waals surface area contributed by atoms with Crippen molar-refractivity contribution in [3.8, 4) is 5.75 Å². The summed E-state index contributed by atoms with van der Waals surface area (Å²) < 4.78 is 32.0. The van der Waals surface area contributed by atoms with Crippen LogP contribution in [0.3, 0.4) is 0 Å². The molecule has 1 N–H and O–H groups in total. The van der Waals surface area contributed by atoms with Crippen molar-refractivity contribution in [2.45, 2.75) is 12.0 Å². The summed E-state index contributed by atoms with van der Waals surface area (Å²) in [5.74, 6) is -3.35. The lowest BCUT2D eigenvalue weighted by Gasteiger charge is -2.24. The summed E-state index contributed by atoms with van der Waals surface area (Å²) >= 11 is 0. The number of nitrogens with zero attached hydrogens (tertiary/aromatic N) is 1. The number of likely N-dealkylation sites (tertiary alicyclic amines) is 1. The number of ether oxygens (including phenoxy) is 1. The zero-order valence-corrected chi connectivity index (χ0v) is 13.9. The number of carboxylic acid groups (broad SMARTS) is 1. The predicted octanol–water partition coefficient (Wildman–Crippen LogP) is 3.44. The van der Waals surface area contributed by atoms with Gasteiger partial charge in [-0.2, -0.15) is 0 Å². The van der Waals surface area contributed by atoms with Crippen LogP contribution in [0.1, 0.15) is 23.1 Å². The third kappa shape index (κ3) is 3.22. The normalized spacial score (nSPS) is 23.6. The van der Waals surface area contributed by atoms with Gasteiger partial charge in [0.15, 0.2) is 11.6 Å². The van der Waals surface area contributed by atoms with E-state index in [-0.39, 0.29) is 6.04 Å². The average Bonchev–Trinajstić information content (AvgIpc) is 2.95. The minimum absolute atomic E-state index is 0.360. The number of carbonyl (C=O) groups is 1. The van der Waals surface area contributed by atoms with Gasteiger partial charge in [0.1, 0.15) is 5.75 Å². The topological polar surface area (TPSA) is 49.8 Å². The summed E-state index contributed by atoms with van der Waals surface area (Å²) in [6.07, 6.45) is 0. The van der Waals surface area contributed by atoms with Crippen LogP contribution >= 0.6 is 0 Å². The minimum Gasteiger partial charge on any atom is -0.497 e. The second-order valence-corrected chi connectivity index (χ2v) is 6.30. The standard InChI is InChI=1S/C19H19F2NO3/c1-22-10-14(12-5-8-15(20)16(21)9-12)17(19(23)24)18(22)11-3-6-13(25-2)7-4-11/h3-9,14,17-18H,10H2,1-2H3,(H,23,24). The summed E-state index contributed by atoms with van der Waals surface area (Å²) in [6.45, 7) is 0.443. The molecule has 6 heteroatoms. The maximum Gasteiger partial charge on any atom is 0.309 e.